The molecule has 1 aromatic carbocycles. The van der Waals surface area contributed by atoms with Crippen LogP contribution >= 0.6 is 0 Å². The first-order chi connectivity index (χ1) is 5.20. The lowest BCUT2D eigenvalue weighted by atomic mass is 10.3. The Balaban J connectivity index is 2.86. The third-order valence-corrected chi connectivity index (χ3v) is 1.10. The Hall–Kier alpha value is -1.71. The Bertz CT molecular complexity index is 272. The molecular weight excluding hydrogens is 146 g/mol. The number of benzene rings is 1. The Kier molecular flexibility index (Phi) is 1.96. The number of para-hydroxylation sites is 2. The fourth-order valence-electron chi connectivity index (χ4n) is 0.662. The number of carboxylic acid groups (broad SMARTS) is 1. The van der Waals surface area contributed by atoms with E-state index in [1.807, 2.05) is 0 Å². The highest BCUT2D eigenvalue weighted by Crippen LogP contribution is 2.21. The molecule has 0 aliphatic carbocycles. The summed E-state index contributed by atoms with van der Waals surface area (Å²) in [7, 11) is 0. The van der Waals surface area contributed by atoms with Gasteiger partial charge in [-0.25, -0.2) is 4.79 Å². The second-order valence-corrected chi connectivity index (χ2v) is 1.88. The van der Waals surface area contributed by atoms with Gasteiger partial charge < -0.3 is 10.2 Å². The van der Waals surface area contributed by atoms with Crippen LogP contribution in [0.4, 0.5) is 10.5 Å². The van der Waals surface area contributed by atoms with E-state index < -0.39 is 6.09 Å². The zero-order valence-corrected chi connectivity index (χ0v) is 5.56. The van der Waals surface area contributed by atoms with E-state index >= 15 is 0 Å². The van der Waals surface area contributed by atoms with E-state index in [0.29, 0.717) is 0 Å². The summed E-state index contributed by atoms with van der Waals surface area (Å²) in [4.78, 5) is 10.0. The third-order valence-electron chi connectivity index (χ3n) is 1.10. The SMILES string of the molecule is O=C(O)[N]c1ccccc1O. The minimum atomic E-state index is -1.31. The summed E-state index contributed by atoms with van der Waals surface area (Å²) in [5, 5.41) is 20.3. The molecule has 2 N–H and O–H groups in total. The Morgan fingerprint density at radius 1 is 1.36 bits per heavy atom. The maximum atomic E-state index is 10.0. The van der Waals surface area contributed by atoms with E-state index in [1.165, 1.54) is 12.1 Å². The van der Waals surface area contributed by atoms with Crippen molar-refractivity contribution < 1.29 is 15.0 Å². The van der Waals surface area contributed by atoms with Crippen molar-refractivity contribution in [2.75, 3.05) is 0 Å². The van der Waals surface area contributed by atoms with Gasteiger partial charge in [-0.1, -0.05) is 12.1 Å². The molecule has 0 atom stereocenters. The van der Waals surface area contributed by atoms with Crippen LogP contribution in [0.5, 0.6) is 5.75 Å². The smallest absolute Gasteiger partial charge is 0.431 e. The Morgan fingerprint density at radius 2 is 2.00 bits per heavy atom. The molecule has 1 amide bonds. The second-order valence-electron chi connectivity index (χ2n) is 1.88. The largest absolute Gasteiger partial charge is 0.506 e. The van der Waals surface area contributed by atoms with Gasteiger partial charge in [0.15, 0.2) is 0 Å². The zero-order chi connectivity index (χ0) is 8.27. The van der Waals surface area contributed by atoms with Crippen LogP contribution < -0.4 is 5.32 Å². The van der Waals surface area contributed by atoms with Gasteiger partial charge in [0.25, 0.3) is 0 Å². The number of rotatable bonds is 1. The number of hydrogen-bond donors (Lipinski definition) is 2. The number of nitrogens with zero attached hydrogens (tertiary/aromatic N) is 1. The van der Waals surface area contributed by atoms with Crippen molar-refractivity contribution in [3.63, 3.8) is 0 Å². The molecule has 0 saturated carbocycles. The molecule has 0 fully saturated rings. The van der Waals surface area contributed by atoms with Crippen molar-refractivity contribution in [2.45, 2.75) is 0 Å². The first-order valence-corrected chi connectivity index (χ1v) is 2.93. The molecule has 11 heavy (non-hydrogen) atoms. The van der Waals surface area contributed by atoms with Crippen LogP contribution in [0.3, 0.4) is 0 Å². The first kappa shape index (κ1) is 7.40. The average molecular weight is 152 g/mol. The highest BCUT2D eigenvalue weighted by molar-refractivity contribution is 5.73. The van der Waals surface area contributed by atoms with E-state index in [1.54, 1.807) is 12.1 Å². The first-order valence-electron chi connectivity index (χ1n) is 2.93. The third kappa shape index (κ3) is 1.86. The van der Waals surface area contributed by atoms with Gasteiger partial charge in [-0.2, -0.15) is 5.32 Å². The zero-order valence-electron chi connectivity index (χ0n) is 5.56. The lowest BCUT2D eigenvalue weighted by Gasteiger charge is -1.98. The molecule has 4 heteroatoms. The molecule has 0 aliphatic heterocycles. The number of amides is 1. The van der Waals surface area contributed by atoms with E-state index in [4.69, 9.17) is 10.2 Å². The molecule has 0 unspecified atom stereocenters. The predicted octanol–water partition coefficient (Wildman–Crippen LogP) is 1.31. The van der Waals surface area contributed by atoms with E-state index in [2.05, 4.69) is 5.32 Å². The van der Waals surface area contributed by atoms with Gasteiger partial charge in [0, 0.05) is 0 Å². The molecule has 1 radical (unpaired) electrons. The summed E-state index contributed by atoms with van der Waals surface area (Å²) in [5.41, 5.74) is 0.0694. The number of phenols is 1. The second kappa shape index (κ2) is 2.92. The van der Waals surface area contributed by atoms with Gasteiger partial charge in [0.05, 0.1) is 0 Å². The van der Waals surface area contributed by atoms with Gasteiger partial charge in [0.1, 0.15) is 11.4 Å². The van der Waals surface area contributed by atoms with Crippen LogP contribution in [-0.2, 0) is 0 Å². The quantitative estimate of drug-likeness (QED) is 0.637. The van der Waals surface area contributed by atoms with Crippen molar-refractivity contribution in [2.24, 2.45) is 0 Å². The van der Waals surface area contributed by atoms with E-state index in [0.717, 1.165) is 0 Å². The van der Waals surface area contributed by atoms with Crippen molar-refractivity contribution >= 4 is 11.8 Å². The number of aromatic hydroxyl groups is 1. The molecule has 0 heterocycles. The fourth-order valence-corrected chi connectivity index (χ4v) is 0.662. The minimum Gasteiger partial charge on any atom is -0.506 e. The summed E-state index contributed by atoms with van der Waals surface area (Å²) in [5.74, 6) is -0.130. The maximum Gasteiger partial charge on any atom is 0.431 e. The topological polar surface area (TPSA) is 71.6 Å². The molecule has 0 bridgehead atoms. The van der Waals surface area contributed by atoms with Gasteiger partial charge in [-0.3, -0.25) is 0 Å². The molecular formula is C7H6NO3. The molecule has 0 aliphatic rings. The van der Waals surface area contributed by atoms with Crippen molar-refractivity contribution in [1.29, 1.82) is 0 Å². The number of carbonyl (C=O) groups is 1. The van der Waals surface area contributed by atoms with Crippen LogP contribution in [0.2, 0.25) is 0 Å². The summed E-state index contributed by atoms with van der Waals surface area (Å²) < 4.78 is 0. The van der Waals surface area contributed by atoms with E-state index in [-0.39, 0.29) is 11.4 Å². The highest BCUT2D eigenvalue weighted by atomic mass is 16.4. The lowest BCUT2D eigenvalue weighted by Crippen LogP contribution is -2.05. The molecule has 57 valence electrons. The van der Waals surface area contributed by atoms with Crippen molar-refractivity contribution in [1.82, 2.24) is 5.32 Å². The summed E-state index contributed by atoms with van der Waals surface area (Å²) >= 11 is 0. The van der Waals surface area contributed by atoms with Crippen molar-refractivity contribution in [3.05, 3.63) is 24.3 Å². The normalized spacial score (nSPS) is 9.09. The van der Waals surface area contributed by atoms with E-state index in [9.17, 15) is 4.79 Å². The monoisotopic (exact) mass is 152 g/mol. The molecule has 1 rings (SSSR count). The Labute approximate surface area is 63.1 Å². The molecule has 4 nitrogen and oxygen atoms in total. The lowest BCUT2D eigenvalue weighted by molar-refractivity contribution is 0.198. The highest BCUT2D eigenvalue weighted by Gasteiger charge is 2.03. The van der Waals surface area contributed by atoms with Gasteiger partial charge in [0.2, 0.25) is 0 Å². The fraction of sp³-hybridized carbons (Fsp3) is 0. The number of phenolic OH excluding ortho intramolecular Hbond substituents is 1. The van der Waals surface area contributed by atoms with Gasteiger partial charge in [-0.05, 0) is 12.1 Å². The van der Waals surface area contributed by atoms with Crippen LogP contribution in [0.1, 0.15) is 0 Å². The summed E-state index contributed by atoms with van der Waals surface area (Å²) in [6.45, 7) is 0. The molecule has 1 aromatic rings. The van der Waals surface area contributed by atoms with Gasteiger partial charge >= 0.3 is 6.09 Å². The average Bonchev–Trinajstić information content (AvgIpc) is 1.93. The van der Waals surface area contributed by atoms with Crippen molar-refractivity contribution in [3.8, 4) is 5.75 Å². The van der Waals surface area contributed by atoms with Crippen LogP contribution in [-0.4, -0.2) is 16.3 Å². The van der Waals surface area contributed by atoms with Crippen LogP contribution in [0.15, 0.2) is 24.3 Å². The summed E-state index contributed by atoms with van der Waals surface area (Å²) in [6.07, 6.45) is -1.31. The molecule has 0 spiro atoms. The number of hydrogen-bond acceptors (Lipinski definition) is 2. The van der Waals surface area contributed by atoms with Gasteiger partial charge in [-0.15, -0.1) is 0 Å². The van der Waals surface area contributed by atoms with Crippen LogP contribution in [0, 0.1) is 0 Å². The molecule has 0 saturated heterocycles. The maximum absolute atomic E-state index is 10.0. The predicted molar refractivity (Wildman–Crippen MR) is 37.9 cm³/mol. The van der Waals surface area contributed by atoms with Crippen LogP contribution in [0.25, 0.3) is 0 Å². The Morgan fingerprint density at radius 3 is 2.55 bits per heavy atom. The summed E-state index contributed by atoms with van der Waals surface area (Å²) in [6, 6.07) is 5.99. The molecule has 0 aromatic heterocycles. The minimum absolute atomic E-state index is 0.0694. The standard InChI is InChI=1S/C7H6NO3/c9-6-4-2-1-3-5(6)8-7(10)11/h1-4,9H,(H,10,11).